The topological polar surface area (TPSA) is 49.4 Å². The molecule has 0 spiro atoms. The number of carbonyl (C=O) groups is 2. The second-order valence-corrected chi connectivity index (χ2v) is 3.39. The quantitative estimate of drug-likeness (QED) is 0.640. The van der Waals surface area contributed by atoms with Crippen molar-refractivity contribution in [1.29, 1.82) is 0 Å². The highest BCUT2D eigenvalue weighted by molar-refractivity contribution is 5.73. The summed E-state index contributed by atoms with van der Waals surface area (Å²) in [7, 11) is 1.64. The van der Waals surface area contributed by atoms with Crippen molar-refractivity contribution in [2.75, 3.05) is 20.1 Å². The van der Waals surface area contributed by atoms with Crippen LogP contribution in [0.4, 0.5) is 4.79 Å². The zero-order valence-electron chi connectivity index (χ0n) is 7.95. The molecular formula is C9H16N2O2. The van der Waals surface area contributed by atoms with Crippen LogP contribution in [0.3, 0.4) is 0 Å². The maximum atomic E-state index is 11.2. The molecule has 74 valence electrons. The van der Waals surface area contributed by atoms with E-state index in [1.165, 1.54) is 0 Å². The van der Waals surface area contributed by atoms with Gasteiger partial charge in [-0.25, -0.2) is 4.79 Å². The van der Waals surface area contributed by atoms with Gasteiger partial charge in [0.15, 0.2) is 0 Å². The molecule has 0 saturated carbocycles. The molecule has 1 N–H and O–H groups in total. The van der Waals surface area contributed by atoms with Gasteiger partial charge in [-0.05, 0) is 18.8 Å². The van der Waals surface area contributed by atoms with E-state index in [1.54, 1.807) is 11.9 Å². The largest absolute Gasteiger partial charge is 0.341 e. The predicted octanol–water partition coefficient (Wildman–Crippen LogP) is 0.627. The second kappa shape index (κ2) is 4.84. The molecule has 0 bridgehead atoms. The van der Waals surface area contributed by atoms with Crippen LogP contribution in [0.25, 0.3) is 0 Å². The average molecular weight is 184 g/mol. The minimum Gasteiger partial charge on any atom is -0.341 e. The number of nitrogens with zero attached hydrogens (tertiary/aromatic N) is 1. The van der Waals surface area contributed by atoms with Crippen LogP contribution in [-0.4, -0.2) is 37.4 Å². The van der Waals surface area contributed by atoms with Crippen molar-refractivity contribution in [3.63, 3.8) is 0 Å². The minimum absolute atomic E-state index is 0.00967. The van der Waals surface area contributed by atoms with E-state index in [9.17, 15) is 9.59 Å². The Morgan fingerprint density at radius 2 is 2.15 bits per heavy atom. The molecule has 1 rings (SSSR count). The Bertz CT molecular complexity index is 186. The first kappa shape index (κ1) is 10.0. The number of piperidine rings is 1. The van der Waals surface area contributed by atoms with Gasteiger partial charge in [0.1, 0.15) is 6.29 Å². The lowest BCUT2D eigenvalue weighted by Gasteiger charge is -2.30. The molecule has 4 nitrogen and oxygen atoms in total. The molecule has 0 aromatic carbocycles. The first-order valence-corrected chi connectivity index (χ1v) is 4.68. The second-order valence-electron chi connectivity index (χ2n) is 3.39. The van der Waals surface area contributed by atoms with Gasteiger partial charge < -0.3 is 15.0 Å². The molecule has 1 heterocycles. The van der Waals surface area contributed by atoms with E-state index >= 15 is 0 Å². The third-order valence-corrected chi connectivity index (χ3v) is 2.55. The van der Waals surface area contributed by atoms with Gasteiger partial charge in [-0.3, -0.25) is 0 Å². The van der Waals surface area contributed by atoms with Crippen molar-refractivity contribution in [1.82, 2.24) is 10.2 Å². The van der Waals surface area contributed by atoms with Crippen LogP contribution in [-0.2, 0) is 4.79 Å². The van der Waals surface area contributed by atoms with Crippen molar-refractivity contribution in [3.8, 4) is 0 Å². The number of likely N-dealkylation sites (tertiary alicyclic amines) is 1. The molecular weight excluding hydrogens is 168 g/mol. The summed E-state index contributed by atoms with van der Waals surface area (Å²) in [6, 6.07) is -0.00967. The smallest absolute Gasteiger partial charge is 0.317 e. The maximum absolute atomic E-state index is 11.2. The normalized spacial score (nSPS) is 18.4. The summed E-state index contributed by atoms with van der Waals surface area (Å²) in [5, 5.41) is 2.60. The lowest BCUT2D eigenvalue weighted by Crippen LogP contribution is -2.43. The number of hydrogen-bond donors (Lipinski definition) is 1. The van der Waals surface area contributed by atoms with Crippen molar-refractivity contribution in [2.24, 2.45) is 5.92 Å². The van der Waals surface area contributed by atoms with Crippen LogP contribution in [0.1, 0.15) is 19.3 Å². The fourth-order valence-corrected chi connectivity index (χ4v) is 1.67. The first-order valence-electron chi connectivity index (χ1n) is 4.68. The van der Waals surface area contributed by atoms with Gasteiger partial charge >= 0.3 is 6.03 Å². The molecule has 1 aliphatic heterocycles. The molecule has 13 heavy (non-hydrogen) atoms. The molecule has 1 fully saturated rings. The van der Waals surface area contributed by atoms with Crippen LogP contribution in [0.15, 0.2) is 0 Å². The Morgan fingerprint density at radius 1 is 1.54 bits per heavy atom. The summed E-state index contributed by atoms with van der Waals surface area (Å²) in [6.07, 6.45) is 3.51. The van der Waals surface area contributed by atoms with E-state index < -0.39 is 0 Å². The fraction of sp³-hybridized carbons (Fsp3) is 0.778. The lowest BCUT2D eigenvalue weighted by molar-refractivity contribution is -0.108. The third-order valence-electron chi connectivity index (χ3n) is 2.55. The highest BCUT2D eigenvalue weighted by atomic mass is 16.2. The van der Waals surface area contributed by atoms with Gasteiger partial charge in [0, 0.05) is 26.6 Å². The fourth-order valence-electron chi connectivity index (χ4n) is 1.67. The SMILES string of the molecule is CNC(=O)N1CCC(CC=O)CC1. The zero-order chi connectivity index (χ0) is 9.68. The van der Waals surface area contributed by atoms with Crippen molar-refractivity contribution >= 4 is 12.3 Å². The number of aldehydes is 1. The van der Waals surface area contributed by atoms with Gasteiger partial charge in [-0.2, -0.15) is 0 Å². The first-order chi connectivity index (χ1) is 6.27. The average Bonchev–Trinajstić information content (AvgIpc) is 2.18. The molecule has 0 aromatic heterocycles. The number of nitrogens with one attached hydrogen (secondary N) is 1. The molecule has 0 aromatic rings. The molecule has 2 amide bonds. The molecule has 0 unspecified atom stereocenters. The van der Waals surface area contributed by atoms with Gasteiger partial charge in [0.2, 0.25) is 0 Å². The van der Waals surface area contributed by atoms with Crippen LogP contribution in [0.5, 0.6) is 0 Å². The van der Waals surface area contributed by atoms with E-state index in [2.05, 4.69) is 5.32 Å². The van der Waals surface area contributed by atoms with Crippen LogP contribution < -0.4 is 5.32 Å². The standard InChI is InChI=1S/C9H16N2O2/c1-10-9(13)11-5-2-8(3-6-11)4-7-12/h7-8H,2-6H2,1H3,(H,10,13). The van der Waals surface area contributed by atoms with Crippen LogP contribution in [0.2, 0.25) is 0 Å². The zero-order valence-corrected chi connectivity index (χ0v) is 7.95. The van der Waals surface area contributed by atoms with Crippen molar-refractivity contribution in [3.05, 3.63) is 0 Å². The molecule has 0 radical (unpaired) electrons. The number of hydrogen-bond acceptors (Lipinski definition) is 2. The summed E-state index contributed by atoms with van der Waals surface area (Å²) in [6.45, 7) is 1.55. The summed E-state index contributed by atoms with van der Waals surface area (Å²) in [5.41, 5.74) is 0. The van der Waals surface area contributed by atoms with E-state index in [4.69, 9.17) is 0 Å². The van der Waals surface area contributed by atoms with Gasteiger partial charge in [0.05, 0.1) is 0 Å². The van der Waals surface area contributed by atoms with Crippen molar-refractivity contribution in [2.45, 2.75) is 19.3 Å². The molecule has 4 heteroatoms. The molecule has 1 aliphatic rings. The van der Waals surface area contributed by atoms with Gasteiger partial charge in [-0.15, -0.1) is 0 Å². The number of carbonyl (C=O) groups excluding carboxylic acids is 2. The maximum Gasteiger partial charge on any atom is 0.317 e. The van der Waals surface area contributed by atoms with E-state index in [0.29, 0.717) is 12.3 Å². The molecule has 0 atom stereocenters. The van der Waals surface area contributed by atoms with E-state index in [0.717, 1.165) is 32.2 Å². The monoisotopic (exact) mass is 184 g/mol. The highest BCUT2D eigenvalue weighted by Gasteiger charge is 2.21. The van der Waals surface area contributed by atoms with Crippen molar-refractivity contribution < 1.29 is 9.59 Å². The Hall–Kier alpha value is -1.06. The van der Waals surface area contributed by atoms with E-state index in [1.807, 2.05) is 0 Å². The van der Waals surface area contributed by atoms with Gasteiger partial charge in [-0.1, -0.05) is 0 Å². The van der Waals surface area contributed by atoms with Gasteiger partial charge in [0.25, 0.3) is 0 Å². The van der Waals surface area contributed by atoms with Crippen LogP contribution >= 0.6 is 0 Å². The highest BCUT2D eigenvalue weighted by Crippen LogP contribution is 2.18. The van der Waals surface area contributed by atoms with Crippen LogP contribution in [0, 0.1) is 5.92 Å². The van der Waals surface area contributed by atoms with E-state index in [-0.39, 0.29) is 6.03 Å². The summed E-state index contributed by atoms with van der Waals surface area (Å²) in [4.78, 5) is 23.2. The number of urea groups is 1. The number of rotatable bonds is 2. The summed E-state index contributed by atoms with van der Waals surface area (Å²) >= 11 is 0. The Labute approximate surface area is 78.3 Å². The Kier molecular flexibility index (Phi) is 3.73. The predicted molar refractivity (Wildman–Crippen MR) is 49.4 cm³/mol. The Balaban J connectivity index is 2.30. The molecule has 0 aliphatic carbocycles. The molecule has 1 saturated heterocycles. The summed E-state index contributed by atoms with van der Waals surface area (Å²) in [5.74, 6) is 0.485. The summed E-state index contributed by atoms with van der Waals surface area (Å²) < 4.78 is 0. The lowest BCUT2D eigenvalue weighted by atomic mass is 9.94. The third kappa shape index (κ3) is 2.72. The minimum atomic E-state index is -0.00967. The Morgan fingerprint density at radius 3 is 2.62 bits per heavy atom. The number of amides is 2.